The number of fused-ring (bicyclic) bond motifs is 1. The number of H-pyrrole nitrogens is 1. The predicted molar refractivity (Wildman–Crippen MR) is 109 cm³/mol. The van der Waals surface area contributed by atoms with Crippen LogP contribution in [-0.2, 0) is 11.3 Å². The molecule has 8 heteroatoms. The molecule has 1 aromatic heterocycles. The first kappa shape index (κ1) is 19.3. The van der Waals surface area contributed by atoms with Crippen molar-refractivity contribution in [2.75, 3.05) is 12.3 Å². The fourth-order valence-corrected chi connectivity index (χ4v) is 3.55. The Labute approximate surface area is 164 Å². The van der Waals surface area contributed by atoms with Gasteiger partial charge in [-0.05, 0) is 36.4 Å². The number of nitrogens with zero attached hydrogens (tertiary/aromatic N) is 1. The fraction of sp³-hybridized carbons (Fsp3) is 0.211. The molecule has 1 heterocycles. The molecule has 0 radical (unpaired) electrons. The van der Waals surface area contributed by atoms with Gasteiger partial charge < -0.3 is 5.32 Å². The molecule has 0 atom stereocenters. The smallest absolute Gasteiger partial charge is 0.328 e. The van der Waals surface area contributed by atoms with Gasteiger partial charge in [-0.2, -0.15) is 0 Å². The molecule has 0 unspecified atom stereocenters. The van der Waals surface area contributed by atoms with Gasteiger partial charge in [-0.15, -0.1) is 11.8 Å². The van der Waals surface area contributed by atoms with Gasteiger partial charge in [0.25, 0.3) is 5.56 Å². The van der Waals surface area contributed by atoms with Crippen LogP contribution in [0.3, 0.4) is 0 Å². The molecule has 2 aromatic carbocycles. The van der Waals surface area contributed by atoms with Crippen LogP contribution < -0.4 is 16.6 Å². The zero-order chi connectivity index (χ0) is 19.2. The molecule has 0 aliphatic carbocycles. The van der Waals surface area contributed by atoms with Crippen molar-refractivity contribution < 1.29 is 4.79 Å². The number of nitrogens with one attached hydrogen (secondary N) is 2. The molecule has 0 bridgehead atoms. The summed E-state index contributed by atoms with van der Waals surface area (Å²) in [6, 6.07) is 14.4. The second kappa shape index (κ2) is 8.92. The first-order valence-corrected chi connectivity index (χ1v) is 9.78. The number of aromatic amines is 1. The van der Waals surface area contributed by atoms with Gasteiger partial charge in [0.15, 0.2) is 0 Å². The number of aryl methyl sites for hydroxylation is 1. The van der Waals surface area contributed by atoms with Gasteiger partial charge in [-0.1, -0.05) is 23.7 Å². The van der Waals surface area contributed by atoms with Crippen LogP contribution in [0.4, 0.5) is 0 Å². The number of amides is 1. The summed E-state index contributed by atoms with van der Waals surface area (Å²) in [5.74, 6) is 0.587. The normalized spacial score (nSPS) is 10.9. The summed E-state index contributed by atoms with van der Waals surface area (Å²) in [6.45, 7) is 0.722. The molecule has 3 aromatic rings. The van der Waals surface area contributed by atoms with Gasteiger partial charge in [0.05, 0.1) is 10.9 Å². The van der Waals surface area contributed by atoms with Gasteiger partial charge >= 0.3 is 5.69 Å². The number of benzene rings is 2. The Balaban J connectivity index is 1.52. The third-order valence-corrected chi connectivity index (χ3v) is 5.24. The van der Waals surface area contributed by atoms with E-state index in [2.05, 4.69) is 10.3 Å². The Hall–Kier alpha value is -2.51. The highest BCUT2D eigenvalue weighted by molar-refractivity contribution is 7.99. The molecule has 0 aliphatic rings. The third kappa shape index (κ3) is 5.02. The van der Waals surface area contributed by atoms with E-state index in [4.69, 9.17) is 11.6 Å². The monoisotopic (exact) mass is 403 g/mol. The number of thioether (sulfide) groups is 1. The van der Waals surface area contributed by atoms with Crippen LogP contribution >= 0.6 is 23.4 Å². The van der Waals surface area contributed by atoms with E-state index in [0.717, 1.165) is 10.6 Å². The summed E-state index contributed by atoms with van der Waals surface area (Å²) < 4.78 is 1.42. The van der Waals surface area contributed by atoms with Gasteiger partial charge in [0, 0.05) is 35.2 Å². The molecule has 140 valence electrons. The molecule has 1 amide bonds. The van der Waals surface area contributed by atoms with E-state index in [-0.39, 0.29) is 18.9 Å². The zero-order valence-corrected chi connectivity index (χ0v) is 16.0. The van der Waals surface area contributed by atoms with Crippen molar-refractivity contribution in [3.8, 4) is 0 Å². The van der Waals surface area contributed by atoms with Crippen LogP contribution in [-0.4, -0.2) is 27.8 Å². The van der Waals surface area contributed by atoms with Gasteiger partial charge in [-0.3, -0.25) is 19.1 Å². The Bertz CT molecular complexity index is 1060. The summed E-state index contributed by atoms with van der Waals surface area (Å²) >= 11 is 7.47. The van der Waals surface area contributed by atoms with Crippen molar-refractivity contribution in [2.45, 2.75) is 17.9 Å². The van der Waals surface area contributed by atoms with Gasteiger partial charge in [0.1, 0.15) is 0 Å². The molecule has 0 saturated heterocycles. The van der Waals surface area contributed by atoms with Crippen LogP contribution in [0.1, 0.15) is 6.42 Å². The zero-order valence-electron chi connectivity index (χ0n) is 14.4. The van der Waals surface area contributed by atoms with Gasteiger partial charge in [-0.25, -0.2) is 4.79 Å². The third-order valence-electron chi connectivity index (χ3n) is 3.97. The number of rotatable bonds is 7. The van der Waals surface area contributed by atoms with E-state index in [1.807, 2.05) is 24.3 Å². The van der Waals surface area contributed by atoms with Crippen molar-refractivity contribution in [1.82, 2.24) is 14.9 Å². The maximum absolute atomic E-state index is 12.1. The first-order valence-electron chi connectivity index (χ1n) is 8.41. The SMILES string of the molecule is O=C(CCn1c(=O)[nH]c(=O)c2ccccc21)NCCSc1ccc(Cl)cc1. The van der Waals surface area contributed by atoms with Crippen LogP contribution in [0.5, 0.6) is 0 Å². The second-order valence-electron chi connectivity index (χ2n) is 5.83. The molecule has 27 heavy (non-hydrogen) atoms. The lowest BCUT2D eigenvalue weighted by Gasteiger charge is -2.09. The maximum atomic E-state index is 12.1. The quantitative estimate of drug-likeness (QED) is 0.469. The van der Waals surface area contributed by atoms with Crippen LogP contribution in [0.15, 0.2) is 63.0 Å². The number of para-hydroxylation sites is 1. The second-order valence-corrected chi connectivity index (χ2v) is 7.44. The Morgan fingerprint density at radius 1 is 1.11 bits per heavy atom. The van der Waals surface area contributed by atoms with Crippen molar-refractivity contribution >= 4 is 40.2 Å². The number of hydrogen-bond acceptors (Lipinski definition) is 4. The summed E-state index contributed by atoms with van der Waals surface area (Å²) in [6.07, 6.45) is 0.154. The van der Waals surface area contributed by atoms with Crippen LogP contribution in [0.25, 0.3) is 10.9 Å². The van der Waals surface area contributed by atoms with E-state index in [0.29, 0.717) is 22.5 Å². The van der Waals surface area contributed by atoms with Crippen molar-refractivity contribution in [2.24, 2.45) is 0 Å². The lowest BCUT2D eigenvalue weighted by molar-refractivity contribution is -0.121. The van der Waals surface area contributed by atoms with Crippen molar-refractivity contribution in [1.29, 1.82) is 0 Å². The van der Waals surface area contributed by atoms with Crippen LogP contribution in [0.2, 0.25) is 5.02 Å². The minimum atomic E-state index is -0.509. The van der Waals surface area contributed by atoms with E-state index < -0.39 is 11.2 Å². The summed E-state index contributed by atoms with van der Waals surface area (Å²) in [7, 11) is 0. The largest absolute Gasteiger partial charge is 0.355 e. The van der Waals surface area contributed by atoms with E-state index >= 15 is 0 Å². The summed E-state index contributed by atoms with van der Waals surface area (Å²) in [5, 5.41) is 3.96. The Morgan fingerprint density at radius 2 is 1.85 bits per heavy atom. The molecular weight excluding hydrogens is 386 g/mol. The number of carbonyl (C=O) groups is 1. The molecule has 2 N–H and O–H groups in total. The van der Waals surface area contributed by atoms with E-state index in [9.17, 15) is 14.4 Å². The Kier molecular flexibility index (Phi) is 6.36. The highest BCUT2D eigenvalue weighted by Crippen LogP contribution is 2.19. The Morgan fingerprint density at radius 3 is 2.63 bits per heavy atom. The number of carbonyl (C=O) groups excluding carboxylic acids is 1. The standard InChI is InChI=1S/C19H18ClN3O3S/c20-13-5-7-14(8-6-13)27-12-10-21-17(24)9-11-23-16-4-2-1-3-15(16)18(25)22-19(23)26/h1-8H,9-12H2,(H,21,24)(H,22,25,26). The molecule has 3 rings (SSSR count). The maximum Gasteiger partial charge on any atom is 0.328 e. The lowest BCUT2D eigenvalue weighted by atomic mass is 10.2. The summed E-state index contributed by atoms with van der Waals surface area (Å²) in [4.78, 5) is 39.3. The van der Waals surface area contributed by atoms with Gasteiger partial charge in [0.2, 0.25) is 5.91 Å². The van der Waals surface area contributed by atoms with Crippen molar-refractivity contribution in [3.05, 3.63) is 74.4 Å². The first-order chi connectivity index (χ1) is 13.0. The topological polar surface area (TPSA) is 84.0 Å². The van der Waals surface area contributed by atoms with Crippen LogP contribution in [0, 0.1) is 0 Å². The average molecular weight is 404 g/mol. The molecule has 0 fully saturated rings. The summed E-state index contributed by atoms with van der Waals surface area (Å²) in [5.41, 5.74) is -0.405. The minimum absolute atomic E-state index is 0.145. The van der Waals surface area contributed by atoms with E-state index in [1.165, 1.54) is 4.57 Å². The average Bonchev–Trinajstić information content (AvgIpc) is 2.66. The molecule has 0 saturated carbocycles. The minimum Gasteiger partial charge on any atom is -0.355 e. The molecular formula is C19H18ClN3O3S. The predicted octanol–water partition coefficient (Wildman–Crippen LogP) is 2.64. The van der Waals surface area contributed by atoms with E-state index in [1.54, 1.807) is 36.0 Å². The highest BCUT2D eigenvalue weighted by atomic mass is 35.5. The lowest BCUT2D eigenvalue weighted by Crippen LogP contribution is -2.33. The molecule has 0 aliphatic heterocycles. The number of aromatic nitrogens is 2. The number of halogens is 1. The number of hydrogen-bond donors (Lipinski definition) is 2. The highest BCUT2D eigenvalue weighted by Gasteiger charge is 2.08. The van der Waals surface area contributed by atoms with Crippen molar-refractivity contribution in [3.63, 3.8) is 0 Å². The fourth-order valence-electron chi connectivity index (χ4n) is 2.66. The molecule has 6 nitrogen and oxygen atoms in total. The molecule has 0 spiro atoms.